The molecule has 15 nitrogen and oxygen atoms in total. The minimum absolute atomic E-state index is 0.000963. The van der Waals surface area contributed by atoms with Crippen LogP contribution >= 0.6 is 0 Å². The van der Waals surface area contributed by atoms with Crippen molar-refractivity contribution in [3.05, 3.63) is 42.5 Å². The van der Waals surface area contributed by atoms with Gasteiger partial charge in [-0.1, -0.05) is 50.3 Å². The SMILES string of the molecule is C=C[C@@H]1C[C@]1(NC(=O)[C@@H]1C[C@@H]2CN1C(=O)[C@H](C1CCCCC1)NC(=O)O[C@@H]1C[C@H]1CCCCCc1c(nc3ccccc3c1O[C@@H]1CCNC[C@@H]1F)O2)C(=O)NS(=O)(=O)C1(C)CC1. The molecule has 0 unspecified atom stereocenters. The Morgan fingerprint density at radius 2 is 1.76 bits per heavy atom. The number of hydrogen-bond acceptors (Lipinski definition) is 11. The molecule has 4 N–H and O–H groups in total. The molecule has 6 fully saturated rings. The van der Waals surface area contributed by atoms with Gasteiger partial charge in [0.1, 0.15) is 47.9 Å². The minimum atomic E-state index is -4.03. The third-order valence-electron chi connectivity index (χ3n) is 14.8. The van der Waals surface area contributed by atoms with Crippen molar-refractivity contribution in [3.63, 3.8) is 0 Å². The average Bonchev–Trinajstić information content (AvgIpc) is 4.23. The van der Waals surface area contributed by atoms with Gasteiger partial charge in [0.2, 0.25) is 27.7 Å². The number of benzene rings is 1. The summed E-state index contributed by atoms with van der Waals surface area (Å²) in [7, 11) is -4.03. The fourth-order valence-corrected chi connectivity index (χ4v) is 11.6. The molecular weight excluding hydrogens is 832 g/mol. The summed E-state index contributed by atoms with van der Waals surface area (Å²) in [5, 5.41) is 9.64. The van der Waals surface area contributed by atoms with Gasteiger partial charge in [-0.05, 0) is 102 Å². The first kappa shape index (κ1) is 43.7. The molecule has 63 heavy (non-hydrogen) atoms. The number of rotatable bonds is 9. The Balaban J connectivity index is 1.07. The molecule has 4 heterocycles. The van der Waals surface area contributed by atoms with Gasteiger partial charge < -0.3 is 35.1 Å². The van der Waals surface area contributed by atoms with E-state index in [1.165, 1.54) is 11.0 Å². The second kappa shape index (κ2) is 17.5. The van der Waals surface area contributed by atoms with Crippen molar-refractivity contribution in [1.29, 1.82) is 0 Å². The molecule has 4 amide bonds. The summed E-state index contributed by atoms with van der Waals surface area (Å²) in [5.41, 5.74) is -0.311. The van der Waals surface area contributed by atoms with Crippen LogP contribution in [-0.4, -0.2) is 109 Å². The zero-order chi connectivity index (χ0) is 44.1. The first-order valence-electron chi connectivity index (χ1n) is 23.2. The van der Waals surface area contributed by atoms with Crippen molar-refractivity contribution in [3.8, 4) is 11.6 Å². The molecule has 9 rings (SSSR count). The number of para-hydroxylation sites is 1. The largest absolute Gasteiger partial charge is 0.486 e. The number of carbonyl (C=O) groups is 4. The molecule has 1 aromatic heterocycles. The predicted octanol–water partition coefficient (Wildman–Crippen LogP) is 4.90. The normalized spacial score (nSPS) is 33.5. The van der Waals surface area contributed by atoms with Crippen LogP contribution in [0.5, 0.6) is 11.6 Å². The molecule has 17 heteroatoms. The van der Waals surface area contributed by atoms with Gasteiger partial charge in [-0.15, -0.1) is 6.58 Å². The van der Waals surface area contributed by atoms with E-state index in [2.05, 4.69) is 27.3 Å². The fourth-order valence-electron chi connectivity index (χ4n) is 10.3. The number of fused-ring (bicyclic) bond motifs is 5. The average molecular weight is 893 g/mol. The smallest absolute Gasteiger partial charge is 0.408 e. The van der Waals surface area contributed by atoms with Crippen molar-refractivity contribution in [2.45, 2.75) is 157 Å². The second-order valence-electron chi connectivity index (χ2n) is 19.3. The van der Waals surface area contributed by atoms with Crippen LogP contribution in [0, 0.1) is 17.8 Å². The fraction of sp³-hybridized carbons (Fsp3) is 0.674. The second-order valence-corrected chi connectivity index (χ2v) is 21.5. The van der Waals surface area contributed by atoms with Crippen molar-refractivity contribution in [2.24, 2.45) is 17.8 Å². The molecule has 1 aromatic carbocycles. The van der Waals surface area contributed by atoms with Crippen LogP contribution in [0.4, 0.5) is 9.18 Å². The van der Waals surface area contributed by atoms with E-state index in [0.29, 0.717) is 61.9 Å². The summed E-state index contributed by atoms with van der Waals surface area (Å²) in [6, 6.07) is 5.36. The van der Waals surface area contributed by atoms with Gasteiger partial charge in [0.25, 0.3) is 5.91 Å². The zero-order valence-corrected chi connectivity index (χ0v) is 36.9. The highest BCUT2D eigenvalue weighted by molar-refractivity contribution is 7.91. The van der Waals surface area contributed by atoms with Crippen molar-refractivity contribution < 1.29 is 46.2 Å². The highest BCUT2D eigenvalue weighted by atomic mass is 32.2. The lowest BCUT2D eigenvalue weighted by Crippen LogP contribution is -2.59. The lowest BCUT2D eigenvalue weighted by molar-refractivity contribution is -0.142. The first-order valence-corrected chi connectivity index (χ1v) is 24.7. The Morgan fingerprint density at radius 1 is 1.02 bits per heavy atom. The van der Waals surface area contributed by atoms with Gasteiger partial charge >= 0.3 is 6.09 Å². The topological polar surface area (TPSA) is 194 Å². The van der Waals surface area contributed by atoms with Crippen molar-refractivity contribution >= 4 is 44.7 Å². The van der Waals surface area contributed by atoms with Gasteiger partial charge in [-0.2, -0.15) is 0 Å². The number of pyridine rings is 1. The van der Waals surface area contributed by atoms with Gasteiger partial charge in [-0.3, -0.25) is 19.1 Å². The van der Waals surface area contributed by atoms with E-state index < -0.39 is 80.5 Å². The molecule has 4 saturated carbocycles. The Labute approximate surface area is 368 Å². The van der Waals surface area contributed by atoms with E-state index in [9.17, 15) is 22.8 Å². The van der Waals surface area contributed by atoms with Crippen LogP contribution in [0.2, 0.25) is 0 Å². The molecule has 9 atom stereocenters. The van der Waals surface area contributed by atoms with E-state index in [1.54, 1.807) is 6.92 Å². The number of ether oxygens (including phenoxy) is 3. The number of halogens is 1. The molecule has 0 spiro atoms. The third-order valence-corrected chi connectivity index (χ3v) is 17.0. The number of nitrogens with zero attached hydrogens (tertiary/aromatic N) is 2. The number of carbonyl (C=O) groups excluding carboxylic acids is 4. The highest BCUT2D eigenvalue weighted by Crippen LogP contribution is 2.48. The number of alkyl halides is 1. The standard InChI is InChI=1S/C46H61FN6O9S/c1-3-29-24-46(29,43(56)52-63(58,59)45(2)19-20-45)51-40(54)35-23-30-26-53(35)42(55)38(27-12-6-4-7-13-27)50-44(57)62-37-22-28(37)14-8-5-9-16-32-39(61-36-18-21-48-25-33(36)47)31-15-10-11-17-34(31)49-41(32)60-30/h3,10-11,15,17,27-30,33,35-38,48H,1,4-9,12-14,16,18-26H2,2H3,(H,50,57)(H,51,54)(H,52,56)/t28-,29-,30-,33+,35+,36-,37-,38+,46-/m1/s1. The van der Waals surface area contributed by atoms with E-state index >= 15 is 9.18 Å². The molecule has 3 aliphatic heterocycles. The number of alkyl carbamates (subject to hydrolysis) is 1. The Kier molecular flexibility index (Phi) is 12.1. The van der Waals surface area contributed by atoms with Gasteiger partial charge in [-0.25, -0.2) is 22.6 Å². The molecule has 342 valence electrons. The summed E-state index contributed by atoms with van der Waals surface area (Å²) < 4.78 is 62.4. The predicted molar refractivity (Wildman–Crippen MR) is 231 cm³/mol. The van der Waals surface area contributed by atoms with Crippen LogP contribution < -0.4 is 30.1 Å². The maximum Gasteiger partial charge on any atom is 0.408 e. The summed E-state index contributed by atoms with van der Waals surface area (Å²) in [4.78, 5) is 63.7. The third kappa shape index (κ3) is 8.97. The molecule has 0 radical (unpaired) electrons. The minimum Gasteiger partial charge on any atom is -0.486 e. The molecular formula is C46H61FN6O9S. The molecule has 7 aliphatic rings. The van der Waals surface area contributed by atoms with Crippen LogP contribution in [-0.2, 0) is 35.6 Å². The van der Waals surface area contributed by atoms with Crippen molar-refractivity contribution in [1.82, 2.24) is 30.6 Å². The Hall–Kier alpha value is -4.51. The maximum absolute atomic E-state index is 15.4. The van der Waals surface area contributed by atoms with Crippen LogP contribution in [0.25, 0.3) is 10.9 Å². The first-order chi connectivity index (χ1) is 30.3. The Morgan fingerprint density at radius 3 is 2.49 bits per heavy atom. The van der Waals surface area contributed by atoms with E-state index in [0.717, 1.165) is 56.8 Å². The maximum atomic E-state index is 15.4. The highest BCUT2D eigenvalue weighted by Gasteiger charge is 2.63. The number of aromatic nitrogens is 1. The van der Waals surface area contributed by atoms with Gasteiger partial charge in [0, 0.05) is 24.3 Å². The molecule has 2 bridgehead atoms. The summed E-state index contributed by atoms with van der Waals surface area (Å²) in [5.74, 6) is -1.70. The monoisotopic (exact) mass is 892 g/mol. The number of piperidine rings is 1. The van der Waals surface area contributed by atoms with Crippen molar-refractivity contribution in [2.75, 3.05) is 19.6 Å². The molecule has 2 saturated heterocycles. The van der Waals surface area contributed by atoms with E-state index in [-0.39, 0.29) is 49.8 Å². The number of sulfonamides is 1. The summed E-state index contributed by atoms with van der Waals surface area (Å²) in [6.07, 6.45) is 8.25. The van der Waals surface area contributed by atoms with E-state index in [1.807, 2.05) is 24.3 Å². The van der Waals surface area contributed by atoms with Gasteiger partial charge in [0.15, 0.2) is 0 Å². The van der Waals surface area contributed by atoms with Crippen LogP contribution in [0.15, 0.2) is 36.9 Å². The number of nitrogens with one attached hydrogen (secondary N) is 4. The Bertz CT molecular complexity index is 2240. The quantitative estimate of drug-likeness (QED) is 0.250. The summed E-state index contributed by atoms with van der Waals surface area (Å²) >= 11 is 0. The summed E-state index contributed by atoms with van der Waals surface area (Å²) in [6.45, 7) is 6.16. The van der Waals surface area contributed by atoms with Gasteiger partial charge in [0.05, 0.1) is 22.4 Å². The lowest BCUT2D eigenvalue weighted by Gasteiger charge is -2.34. The number of hydrogen-bond donors (Lipinski definition) is 4. The van der Waals surface area contributed by atoms with E-state index in [4.69, 9.17) is 19.2 Å². The number of amides is 4. The van der Waals surface area contributed by atoms with Crippen LogP contribution in [0.3, 0.4) is 0 Å². The molecule has 4 aliphatic carbocycles. The van der Waals surface area contributed by atoms with Crippen LogP contribution in [0.1, 0.15) is 109 Å². The lowest BCUT2D eigenvalue weighted by atomic mass is 9.83. The zero-order valence-electron chi connectivity index (χ0n) is 36.1. The molecule has 2 aromatic rings.